The van der Waals surface area contributed by atoms with Crippen molar-refractivity contribution in [2.75, 3.05) is 39.1 Å². The molecule has 0 aliphatic carbocycles. The van der Waals surface area contributed by atoms with E-state index in [4.69, 9.17) is 4.74 Å². The van der Waals surface area contributed by atoms with Crippen LogP contribution in [0.1, 0.15) is 5.56 Å². The van der Waals surface area contributed by atoms with E-state index in [-0.39, 0.29) is 22.9 Å². The molecule has 0 saturated carbocycles. The van der Waals surface area contributed by atoms with Gasteiger partial charge in [0.25, 0.3) is 5.91 Å². The van der Waals surface area contributed by atoms with Crippen molar-refractivity contribution in [2.24, 2.45) is 0 Å². The Bertz CT molecular complexity index is 1160. The first-order valence-corrected chi connectivity index (χ1v) is 10.8. The summed E-state index contributed by atoms with van der Waals surface area (Å²) in [5, 5.41) is 9.23. The maximum Gasteiger partial charge on any atom is 0.265 e. The van der Waals surface area contributed by atoms with E-state index in [0.29, 0.717) is 11.4 Å². The minimum atomic E-state index is -4.08. The average molecular weight is 442 g/mol. The number of anilines is 1. The third-order valence-electron chi connectivity index (χ3n) is 4.84. The number of ether oxygens (including phenoxy) is 1. The van der Waals surface area contributed by atoms with Gasteiger partial charge in [0, 0.05) is 21.1 Å². The molecule has 0 radical (unpaired) electrons. The monoisotopic (exact) mass is 442 g/mol. The first-order chi connectivity index (χ1) is 14.7. The number of hydrogen-bond acceptors (Lipinski definition) is 6. The first-order valence-electron chi connectivity index (χ1n) is 9.39. The third kappa shape index (κ3) is 4.38. The second-order valence-electron chi connectivity index (χ2n) is 7.18. The average Bonchev–Trinajstić information content (AvgIpc) is 2.77. The van der Waals surface area contributed by atoms with Gasteiger partial charge in [-0.3, -0.25) is 9.59 Å². The van der Waals surface area contributed by atoms with E-state index < -0.39 is 28.6 Å². The van der Waals surface area contributed by atoms with E-state index in [2.05, 4.69) is 0 Å². The summed E-state index contributed by atoms with van der Waals surface area (Å²) >= 11 is 0. The van der Waals surface area contributed by atoms with Crippen molar-refractivity contribution in [3.05, 3.63) is 54.1 Å². The van der Waals surface area contributed by atoms with Gasteiger partial charge in [0.05, 0.1) is 29.2 Å². The molecule has 0 aromatic heterocycles. The second kappa shape index (κ2) is 8.75. The molecule has 1 aliphatic heterocycles. The van der Waals surface area contributed by atoms with Crippen molar-refractivity contribution in [2.45, 2.75) is 11.0 Å². The summed E-state index contributed by atoms with van der Waals surface area (Å²) in [7, 11) is 0.372. The number of likely N-dealkylation sites (N-methyl/N-ethyl adjacent to an activating group) is 2. The van der Waals surface area contributed by atoms with Crippen molar-refractivity contribution in [3.63, 3.8) is 0 Å². The van der Waals surface area contributed by atoms with E-state index in [1.54, 1.807) is 44.4 Å². The highest BCUT2D eigenvalue weighted by atomic mass is 32.2. The number of amides is 2. The topological polar surface area (TPSA) is 111 Å². The highest BCUT2D eigenvalue weighted by molar-refractivity contribution is 7.89. The van der Waals surface area contributed by atoms with Gasteiger partial charge in [-0.05, 0) is 24.3 Å². The minimum absolute atomic E-state index is 0.00448. The number of nitriles is 1. The molecule has 0 spiro atoms. The third-order valence-corrected chi connectivity index (χ3v) is 6.71. The van der Waals surface area contributed by atoms with Crippen LogP contribution in [-0.4, -0.2) is 69.8 Å². The van der Waals surface area contributed by atoms with Crippen LogP contribution in [0, 0.1) is 11.3 Å². The Morgan fingerprint density at radius 2 is 1.77 bits per heavy atom. The van der Waals surface area contributed by atoms with Gasteiger partial charge < -0.3 is 14.5 Å². The maximum absolute atomic E-state index is 13.1. The Kier molecular flexibility index (Phi) is 6.29. The van der Waals surface area contributed by atoms with Crippen molar-refractivity contribution in [1.29, 1.82) is 5.26 Å². The van der Waals surface area contributed by atoms with Gasteiger partial charge in [0.1, 0.15) is 11.8 Å². The van der Waals surface area contributed by atoms with Crippen LogP contribution in [0.3, 0.4) is 0 Å². The van der Waals surface area contributed by atoms with E-state index in [9.17, 15) is 23.3 Å². The number of hydrogen-bond donors (Lipinski definition) is 0. The minimum Gasteiger partial charge on any atom is -0.476 e. The van der Waals surface area contributed by atoms with E-state index >= 15 is 0 Å². The summed E-state index contributed by atoms with van der Waals surface area (Å²) in [6, 6.07) is 14.4. The number of nitrogens with zero attached hydrogens (tertiary/aromatic N) is 4. The summed E-state index contributed by atoms with van der Waals surface area (Å²) in [5.74, 6) is -0.466. The maximum atomic E-state index is 13.1. The SMILES string of the molecule is CN(C)C(=O)C1CN(C(=O)CN(C)S(=O)(=O)c2ccccc2C#N)c2ccccc2O1. The molecule has 31 heavy (non-hydrogen) atoms. The zero-order valence-corrected chi connectivity index (χ0v) is 18.2. The fourth-order valence-corrected chi connectivity index (χ4v) is 4.46. The molecule has 1 heterocycles. The molecule has 1 unspecified atom stereocenters. The van der Waals surface area contributed by atoms with Crippen molar-refractivity contribution >= 4 is 27.5 Å². The van der Waals surface area contributed by atoms with Gasteiger partial charge in [-0.15, -0.1) is 0 Å². The first kappa shape index (κ1) is 22.3. The van der Waals surface area contributed by atoms with Gasteiger partial charge in [0.15, 0.2) is 6.10 Å². The van der Waals surface area contributed by atoms with E-state index in [0.717, 1.165) is 4.31 Å². The molecule has 0 saturated heterocycles. The summed E-state index contributed by atoms with van der Waals surface area (Å²) in [4.78, 5) is 28.1. The summed E-state index contributed by atoms with van der Waals surface area (Å²) in [5.41, 5.74) is 0.452. The fourth-order valence-electron chi connectivity index (χ4n) is 3.20. The molecule has 2 aromatic rings. The molecule has 3 rings (SSSR count). The Morgan fingerprint density at radius 3 is 2.45 bits per heavy atom. The normalized spacial score (nSPS) is 15.6. The molecule has 0 fully saturated rings. The molecular weight excluding hydrogens is 420 g/mol. The standard InChI is InChI=1S/C21H22N4O5S/c1-23(2)21(27)18-13-25(16-9-5-6-10-17(16)30-18)20(26)14-24(3)31(28,29)19-11-7-4-8-15(19)12-22/h4-11,18H,13-14H2,1-3H3. The smallest absolute Gasteiger partial charge is 0.265 e. The zero-order chi connectivity index (χ0) is 22.8. The molecule has 1 aliphatic rings. The molecule has 9 nitrogen and oxygen atoms in total. The second-order valence-corrected chi connectivity index (χ2v) is 9.19. The largest absolute Gasteiger partial charge is 0.476 e. The van der Waals surface area contributed by atoms with Crippen LogP contribution in [-0.2, 0) is 19.6 Å². The zero-order valence-electron chi connectivity index (χ0n) is 17.3. The lowest BCUT2D eigenvalue weighted by Crippen LogP contribution is -2.52. The molecule has 0 bridgehead atoms. The van der Waals surface area contributed by atoms with Gasteiger partial charge in [-0.1, -0.05) is 24.3 Å². The fraction of sp³-hybridized carbons (Fsp3) is 0.286. The number of carbonyl (C=O) groups excluding carboxylic acids is 2. The quantitative estimate of drug-likeness (QED) is 0.685. The predicted molar refractivity (Wildman–Crippen MR) is 113 cm³/mol. The molecule has 1 atom stereocenters. The van der Waals surface area contributed by atoms with Crippen LogP contribution >= 0.6 is 0 Å². The molecule has 0 N–H and O–H groups in total. The van der Waals surface area contributed by atoms with E-state index in [1.807, 2.05) is 6.07 Å². The Labute approximate surface area is 181 Å². The number of fused-ring (bicyclic) bond motifs is 1. The number of carbonyl (C=O) groups is 2. The molecule has 162 valence electrons. The van der Waals surface area contributed by atoms with Gasteiger partial charge in [0.2, 0.25) is 15.9 Å². The lowest BCUT2D eigenvalue weighted by atomic mass is 10.1. The highest BCUT2D eigenvalue weighted by Crippen LogP contribution is 2.33. The van der Waals surface area contributed by atoms with Crippen LogP contribution in [0.4, 0.5) is 5.69 Å². The van der Waals surface area contributed by atoms with Gasteiger partial charge in [-0.2, -0.15) is 9.57 Å². The van der Waals surface area contributed by atoms with Crippen LogP contribution in [0.2, 0.25) is 0 Å². The molecular formula is C21H22N4O5S. The van der Waals surface area contributed by atoms with Crippen LogP contribution in [0.5, 0.6) is 5.75 Å². The van der Waals surface area contributed by atoms with Gasteiger partial charge in [-0.25, -0.2) is 8.42 Å². The van der Waals surface area contributed by atoms with E-state index in [1.165, 1.54) is 35.0 Å². The van der Waals surface area contributed by atoms with Crippen LogP contribution < -0.4 is 9.64 Å². The number of benzene rings is 2. The lowest BCUT2D eigenvalue weighted by molar-refractivity contribution is -0.136. The number of para-hydroxylation sites is 2. The van der Waals surface area contributed by atoms with Crippen molar-refractivity contribution < 1.29 is 22.7 Å². The van der Waals surface area contributed by atoms with Crippen molar-refractivity contribution in [1.82, 2.24) is 9.21 Å². The van der Waals surface area contributed by atoms with Gasteiger partial charge >= 0.3 is 0 Å². The molecule has 2 aromatic carbocycles. The molecule has 2 amide bonds. The number of rotatable bonds is 5. The van der Waals surface area contributed by atoms with Crippen molar-refractivity contribution in [3.8, 4) is 11.8 Å². The summed E-state index contributed by atoms with van der Waals surface area (Å²) in [6.07, 6.45) is -0.907. The Balaban J connectivity index is 1.88. The van der Waals surface area contributed by atoms with Crippen LogP contribution in [0.15, 0.2) is 53.4 Å². The summed E-state index contributed by atoms with van der Waals surface area (Å²) in [6.45, 7) is -0.519. The Morgan fingerprint density at radius 1 is 1.13 bits per heavy atom. The molecule has 10 heteroatoms. The summed E-state index contributed by atoms with van der Waals surface area (Å²) < 4.78 is 32.6. The lowest BCUT2D eigenvalue weighted by Gasteiger charge is -2.35. The highest BCUT2D eigenvalue weighted by Gasteiger charge is 2.36. The predicted octanol–water partition coefficient (Wildman–Crippen LogP) is 1.06. The number of sulfonamides is 1. The van der Waals surface area contributed by atoms with Crippen LogP contribution in [0.25, 0.3) is 0 Å². The Hall–Kier alpha value is -3.42.